The predicted molar refractivity (Wildman–Crippen MR) is 353 cm³/mol. The fourth-order valence-corrected chi connectivity index (χ4v) is 9.63. The molecular formula is C75H128O6. The largest absolute Gasteiger partial charge is 0.462 e. The van der Waals surface area contributed by atoms with Crippen LogP contribution >= 0.6 is 0 Å². The lowest BCUT2D eigenvalue weighted by molar-refractivity contribution is -0.167. The first kappa shape index (κ1) is 77.1. The zero-order valence-electron chi connectivity index (χ0n) is 53.3. The zero-order valence-corrected chi connectivity index (χ0v) is 53.3. The van der Waals surface area contributed by atoms with Gasteiger partial charge in [-0.15, -0.1) is 0 Å². The summed E-state index contributed by atoms with van der Waals surface area (Å²) in [6, 6.07) is 0. The summed E-state index contributed by atoms with van der Waals surface area (Å²) in [5.74, 6) is -0.943. The topological polar surface area (TPSA) is 78.9 Å². The highest BCUT2D eigenvalue weighted by atomic mass is 16.6. The Hall–Kier alpha value is -3.93. The molecule has 0 aliphatic rings. The van der Waals surface area contributed by atoms with E-state index in [2.05, 4.69) is 130 Å². The van der Waals surface area contributed by atoms with Gasteiger partial charge in [0.15, 0.2) is 6.10 Å². The van der Waals surface area contributed by atoms with Gasteiger partial charge in [0.2, 0.25) is 0 Å². The molecule has 1 unspecified atom stereocenters. The first-order valence-corrected chi connectivity index (χ1v) is 34.4. The third-order valence-electron chi connectivity index (χ3n) is 14.8. The molecule has 0 heterocycles. The van der Waals surface area contributed by atoms with Crippen molar-refractivity contribution in [1.82, 2.24) is 0 Å². The van der Waals surface area contributed by atoms with Gasteiger partial charge in [0.25, 0.3) is 0 Å². The van der Waals surface area contributed by atoms with Crippen molar-refractivity contribution < 1.29 is 28.6 Å². The normalized spacial score (nSPS) is 12.8. The first-order chi connectivity index (χ1) is 40.0. The van der Waals surface area contributed by atoms with Crippen LogP contribution in [-0.4, -0.2) is 37.2 Å². The minimum absolute atomic E-state index is 0.0987. The van der Waals surface area contributed by atoms with Crippen LogP contribution in [0, 0.1) is 0 Å². The minimum atomic E-state index is -0.810. The van der Waals surface area contributed by atoms with Gasteiger partial charge in [0.1, 0.15) is 13.2 Å². The van der Waals surface area contributed by atoms with Gasteiger partial charge in [-0.05, 0) is 109 Å². The molecule has 0 fully saturated rings. The van der Waals surface area contributed by atoms with Crippen molar-refractivity contribution in [3.63, 3.8) is 0 Å². The molecule has 0 bridgehead atoms. The maximum absolute atomic E-state index is 12.9. The molecule has 0 rings (SSSR count). The number of carbonyl (C=O) groups is 3. The second-order valence-electron chi connectivity index (χ2n) is 22.7. The highest BCUT2D eigenvalue weighted by Gasteiger charge is 2.19. The Morgan fingerprint density at radius 2 is 0.481 bits per heavy atom. The molecule has 0 aromatic heterocycles. The minimum Gasteiger partial charge on any atom is -0.462 e. The maximum atomic E-state index is 12.9. The van der Waals surface area contributed by atoms with Crippen molar-refractivity contribution >= 4 is 17.9 Å². The van der Waals surface area contributed by atoms with Gasteiger partial charge in [0.05, 0.1) is 0 Å². The molecule has 0 aromatic carbocycles. The van der Waals surface area contributed by atoms with Crippen LogP contribution in [0.3, 0.4) is 0 Å². The summed E-state index contributed by atoms with van der Waals surface area (Å²) in [7, 11) is 0. The van der Waals surface area contributed by atoms with Crippen LogP contribution in [0.15, 0.2) is 109 Å². The van der Waals surface area contributed by atoms with E-state index in [1.165, 1.54) is 167 Å². The number of rotatable bonds is 62. The monoisotopic (exact) mass is 1120 g/mol. The average Bonchev–Trinajstić information content (AvgIpc) is 3.47. The number of hydrogen-bond donors (Lipinski definition) is 0. The number of ether oxygens (including phenoxy) is 3. The van der Waals surface area contributed by atoms with Crippen LogP contribution < -0.4 is 0 Å². The summed E-state index contributed by atoms with van der Waals surface area (Å²) in [4.78, 5) is 38.4. The lowest BCUT2D eigenvalue weighted by Gasteiger charge is -2.18. The summed E-state index contributed by atoms with van der Waals surface area (Å²) >= 11 is 0. The molecule has 0 radical (unpaired) electrons. The number of hydrogen-bond acceptors (Lipinski definition) is 6. The van der Waals surface area contributed by atoms with E-state index in [0.29, 0.717) is 19.3 Å². The van der Waals surface area contributed by atoms with Crippen molar-refractivity contribution in [1.29, 1.82) is 0 Å². The van der Waals surface area contributed by atoms with Crippen LogP contribution in [-0.2, 0) is 28.6 Å². The van der Waals surface area contributed by atoms with Gasteiger partial charge in [-0.3, -0.25) is 14.4 Å². The fourth-order valence-electron chi connectivity index (χ4n) is 9.63. The second kappa shape index (κ2) is 68.6. The Bertz CT molecular complexity index is 1620. The molecule has 0 amide bonds. The maximum Gasteiger partial charge on any atom is 0.306 e. The Balaban J connectivity index is 4.45. The van der Waals surface area contributed by atoms with Crippen LogP contribution in [0.2, 0.25) is 0 Å². The third-order valence-corrected chi connectivity index (χ3v) is 14.8. The van der Waals surface area contributed by atoms with Crippen molar-refractivity contribution in [2.24, 2.45) is 0 Å². The van der Waals surface area contributed by atoms with Crippen molar-refractivity contribution in [2.45, 2.75) is 335 Å². The molecule has 0 N–H and O–H groups in total. The van der Waals surface area contributed by atoms with Crippen LogP contribution in [0.1, 0.15) is 329 Å². The van der Waals surface area contributed by atoms with Gasteiger partial charge in [0, 0.05) is 19.3 Å². The molecule has 81 heavy (non-hydrogen) atoms. The van der Waals surface area contributed by atoms with E-state index in [-0.39, 0.29) is 37.5 Å². The van der Waals surface area contributed by atoms with Crippen molar-refractivity contribution in [3.8, 4) is 0 Å². The number of carbonyl (C=O) groups excluding carboxylic acids is 3. The summed E-state index contributed by atoms with van der Waals surface area (Å²) in [6.45, 7) is 6.49. The molecule has 0 aromatic rings. The average molecular weight is 1130 g/mol. The van der Waals surface area contributed by atoms with E-state index in [0.717, 1.165) is 116 Å². The van der Waals surface area contributed by atoms with E-state index in [1.54, 1.807) is 0 Å². The fraction of sp³-hybridized carbons (Fsp3) is 0.720. The molecule has 0 spiro atoms. The second-order valence-corrected chi connectivity index (χ2v) is 22.7. The third kappa shape index (κ3) is 66.8. The Kier molecular flexibility index (Phi) is 65.2. The molecule has 464 valence electrons. The van der Waals surface area contributed by atoms with Crippen LogP contribution in [0.4, 0.5) is 0 Å². The predicted octanol–water partition coefficient (Wildman–Crippen LogP) is 23.8. The van der Waals surface area contributed by atoms with Crippen molar-refractivity contribution in [2.75, 3.05) is 13.2 Å². The number of unbranched alkanes of at least 4 members (excludes halogenated alkanes) is 33. The lowest BCUT2D eigenvalue weighted by atomic mass is 10.0. The van der Waals surface area contributed by atoms with Crippen molar-refractivity contribution in [3.05, 3.63) is 109 Å². The Morgan fingerprint density at radius 1 is 0.259 bits per heavy atom. The first-order valence-electron chi connectivity index (χ1n) is 34.4. The summed E-state index contributed by atoms with van der Waals surface area (Å²) in [6.07, 6.45) is 93.9. The highest BCUT2D eigenvalue weighted by molar-refractivity contribution is 5.71. The van der Waals surface area contributed by atoms with Gasteiger partial charge in [-0.1, -0.05) is 310 Å². The molecular weight excluding hydrogens is 997 g/mol. The van der Waals surface area contributed by atoms with E-state index >= 15 is 0 Å². The van der Waals surface area contributed by atoms with Gasteiger partial charge >= 0.3 is 17.9 Å². The molecule has 6 nitrogen and oxygen atoms in total. The van der Waals surface area contributed by atoms with E-state index in [4.69, 9.17) is 14.2 Å². The molecule has 1 atom stereocenters. The molecule has 0 saturated heterocycles. The van der Waals surface area contributed by atoms with E-state index < -0.39 is 6.10 Å². The van der Waals surface area contributed by atoms with Crippen LogP contribution in [0.25, 0.3) is 0 Å². The molecule has 0 aliphatic carbocycles. The van der Waals surface area contributed by atoms with Gasteiger partial charge in [-0.25, -0.2) is 0 Å². The van der Waals surface area contributed by atoms with Crippen LogP contribution in [0.5, 0.6) is 0 Å². The smallest absolute Gasteiger partial charge is 0.306 e. The molecule has 6 heteroatoms. The quantitative estimate of drug-likeness (QED) is 0.0261. The number of esters is 3. The van der Waals surface area contributed by atoms with Gasteiger partial charge in [-0.2, -0.15) is 0 Å². The summed E-state index contributed by atoms with van der Waals surface area (Å²) in [5.41, 5.74) is 0. The summed E-state index contributed by atoms with van der Waals surface area (Å²) < 4.78 is 16.9. The van der Waals surface area contributed by atoms with Gasteiger partial charge < -0.3 is 14.2 Å². The lowest BCUT2D eigenvalue weighted by Crippen LogP contribution is -2.30. The standard InChI is InChI=1S/C75H128O6/c1-4-7-10-13-16-19-22-25-28-31-34-36-37-39-41-44-47-50-53-56-59-62-65-68-74(77)80-71-72(70-79-73(76)67-64-61-58-55-52-49-46-43-40-33-30-27-24-21-18-15-12-9-6-3)81-75(78)69-66-63-60-57-54-51-48-45-42-38-35-32-29-26-23-20-17-14-11-8-5-2/h8,11,17-18,20-21,26-27,29-30,35,38,40,43,45,48,54,57,72H,4-7,9-10,12-16,19,22-25,28,31-34,36-37,39,41-42,44,46-47,49-53,55-56,58-71H2,1-3H3/b11-8-,20-17-,21-18-,29-26-,30-27-,38-35-,43-40-,48-45-,57-54-. The Labute approximate surface area is 501 Å². The summed E-state index contributed by atoms with van der Waals surface area (Å²) in [5, 5.41) is 0. The van der Waals surface area contributed by atoms with E-state index in [9.17, 15) is 14.4 Å². The molecule has 0 aliphatic heterocycles. The zero-order chi connectivity index (χ0) is 58.5. The molecule has 0 saturated carbocycles. The Morgan fingerprint density at radius 3 is 0.802 bits per heavy atom. The highest BCUT2D eigenvalue weighted by Crippen LogP contribution is 2.17. The van der Waals surface area contributed by atoms with E-state index in [1.807, 2.05) is 0 Å². The number of allylic oxidation sites excluding steroid dienone is 18. The SMILES string of the molecule is CC/C=C\C/C=C\C/C=C\C/C=C\C/C=C\C/C=C\CCCCC(=O)OC(COC(=O)CCCCCCCC/C=C\C/C=C\C/C=C\CCCCC)COC(=O)CCCCCCCCCCCCCCCCCCCCCCCCC.